The number of hydrogen-bond donors (Lipinski definition) is 1. The van der Waals surface area contributed by atoms with Crippen molar-refractivity contribution in [3.63, 3.8) is 0 Å². The van der Waals surface area contributed by atoms with Gasteiger partial charge in [-0.05, 0) is 78.3 Å². The lowest BCUT2D eigenvalue weighted by Gasteiger charge is -2.24. The summed E-state index contributed by atoms with van der Waals surface area (Å²) in [6.45, 7) is 0.785. The Kier molecular flexibility index (Phi) is 8.52. The molecule has 6 nitrogen and oxygen atoms in total. The third-order valence-electron chi connectivity index (χ3n) is 5.03. The number of halogens is 1. The van der Waals surface area contributed by atoms with Crippen molar-refractivity contribution < 1.29 is 17.9 Å². The van der Waals surface area contributed by atoms with Crippen LogP contribution in [0.1, 0.15) is 32.1 Å². The lowest BCUT2D eigenvalue weighted by Crippen LogP contribution is -2.41. The van der Waals surface area contributed by atoms with Crippen LogP contribution in [-0.4, -0.2) is 40.1 Å². The molecule has 1 aliphatic carbocycles. The average Bonchev–Trinajstić information content (AvgIpc) is 3.27. The lowest BCUT2D eigenvalue weighted by molar-refractivity contribution is -0.119. The summed E-state index contributed by atoms with van der Waals surface area (Å²) < 4.78 is 34.3. The van der Waals surface area contributed by atoms with Crippen LogP contribution in [0.5, 0.6) is 0 Å². The highest BCUT2D eigenvalue weighted by Crippen LogP contribution is 2.24. The van der Waals surface area contributed by atoms with E-state index in [1.807, 2.05) is 12.1 Å². The van der Waals surface area contributed by atoms with Gasteiger partial charge in [0.05, 0.1) is 16.7 Å². The molecule has 1 fully saturated rings. The van der Waals surface area contributed by atoms with Crippen molar-refractivity contribution in [2.24, 2.45) is 0 Å². The van der Waals surface area contributed by atoms with E-state index in [-0.39, 0.29) is 17.3 Å². The number of benzene rings is 2. The summed E-state index contributed by atoms with van der Waals surface area (Å²) in [7, 11) is -3.86. The third kappa shape index (κ3) is 6.42. The van der Waals surface area contributed by atoms with Gasteiger partial charge in [0.15, 0.2) is 0 Å². The fourth-order valence-electron chi connectivity index (χ4n) is 3.43. The molecule has 0 radical (unpaired) electrons. The van der Waals surface area contributed by atoms with Gasteiger partial charge in [0, 0.05) is 16.7 Å². The van der Waals surface area contributed by atoms with Crippen LogP contribution in [0.15, 0.2) is 59.5 Å². The zero-order chi connectivity index (χ0) is 21.4. The second-order valence-corrected chi connectivity index (χ2v) is 10.4. The highest BCUT2D eigenvalue weighted by Gasteiger charge is 2.27. The smallest absolute Gasteiger partial charge is 0.264 e. The van der Waals surface area contributed by atoms with Gasteiger partial charge >= 0.3 is 0 Å². The summed E-state index contributed by atoms with van der Waals surface area (Å²) in [5, 5.41) is 2.82. The Bertz CT molecular complexity index is 914. The van der Waals surface area contributed by atoms with Crippen molar-refractivity contribution in [2.75, 3.05) is 24.0 Å². The molecule has 0 aromatic heterocycles. The molecule has 1 saturated carbocycles. The second kappa shape index (κ2) is 11.1. The maximum absolute atomic E-state index is 13.2. The highest BCUT2D eigenvalue weighted by molar-refractivity contribution is 14.1. The number of sulfonamides is 1. The zero-order valence-corrected chi connectivity index (χ0v) is 19.8. The standard InChI is InChI=1S/C22H27IN2O4S/c23-18-11-13-19(14-12-18)25(30(27,28)21-9-2-1-3-10-21)17-22(26)24-15-6-16-29-20-7-4-5-8-20/h1-3,9-14,20H,4-8,15-17H2,(H,24,26). The van der Waals surface area contributed by atoms with E-state index in [0.717, 1.165) is 20.7 Å². The topological polar surface area (TPSA) is 75.7 Å². The first-order valence-electron chi connectivity index (χ1n) is 10.2. The van der Waals surface area contributed by atoms with Crippen LogP contribution in [0.25, 0.3) is 0 Å². The molecular weight excluding hydrogens is 515 g/mol. The van der Waals surface area contributed by atoms with E-state index < -0.39 is 10.0 Å². The predicted octanol–water partition coefficient (Wildman–Crippen LogP) is 3.95. The van der Waals surface area contributed by atoms with Gasteiger partial charge in [0.1, 0.15) is 6.54 Å². The van der Waals surface area contributed by atoms with Crippen LogP contribution < -0.4 is 9.62 Å². The number of hydrogen-bond acceptors (Lipinski definition) is 4. The van der Waals surface area contributed by atoms with Crippen LogP contribution in [-0.2, 0) is 19.6 Å². The minimum atomic E-state index is -3.86. The van der Waals surface area contributed by atoms with Crippen LogP contribution >= 0.6 is 22.6 Å². The monoisotopic (exact) mass is 542 g/mol. The molecule has 0 heterocycles. The number of rotatable bonds is 10. The van der Waals surface area contributed by atoms with Crippen LogP contribution in [0.4, 0.5) is 5.69 Å². The summed E-state index contributed by atoms with van der Waals surface area (Å²) in [6, 6.07) is 15.2. The molecule has 1 aliphatic rings. The van der Waals surface area contributed by atoms with Gasteiger partial charge in [-0.2, -0.15) is 0 Å². The molecule has 0 saturated heterocycles. The quantitative estimate of drug-likeness (QED) is 0.365. The highest BCUT2D eigenvalue weighted by atomic mass is 127. The molecule has 8 heteroatoms. The number of amides is 1. The van der Waals surface area contributed by atoms with Gasteiger partial charge in [0.25, 0.3) is 10.0 Å². The number of carbonyl (C=O) groups excluding carboxylic acids is 1. The lowest BCUT2D eigenvalue weighted by atomic mass is 10.3. The molecule has 0 aliphatic heterocycles. The Morgan fingerprint density at radius 1 is 1.07 bits per heavy atom. The average molecular weight is 542 g/mol. The fraction of sp³-hybridized carbons (Fsp3) is 0.409. The SMILES string of the molecule is O=C(CN(c1ccc(I)cc1)S(=O)(=O)c1ccccc1)NCCCOC1CCCC1. The molecule has 0 spiro atoms. The van der Waals surface area contributed by atoms with Crippen molar-refractivity contribution in [1.82, 2.24) is 5.32 Å². The summed E-state index contributed by atoms with van der Waals surface area (Å²) in [6.07, 6.45) is 5.76. The van der Waals surface area contributed by atoms with Crippen molar-refractivity contribution in [2.45, 2.75) is 43.1 Å². The zero-order valence-electron chi connectivity index (χ0n) is 16.8. The maximum atomic E-state index is 13.2. The molecule has 1 amide bonds. The van der Waals surface area contributed by atoms with Gasteiger partial charge in [-0.1, -0.05) is 31.0 Å². The number of anilines is 1. The number of nitrogens with zero attached hydrogens (tertiary/aromatic N) is 1. The van der Waals surface area contributed by atoms with Crippen molar-refractivity contribution in [1.29, 1.82) is 0 Å². The first-order chi connectivity index (χ1) is 14.5. The van der Waals surface area contributed by atoms with Crippen molar-refractivity contribution in [3.8, 4) is 0 Å². The summed E-state index contributed by atoms with van der Waals surface area (Å²) in [4.78, 5) is 12.7. The Hall–Kier alpha value is -1.65. The van der Waals surface area contributed by atoms with Gasteiger partial charge in [0.2, 0.25) is 5.91 Å². The van der Waals surface area contributed by atoms with E-state index in [1.54, 1.807) is 30.3 Å². The Morgan fingerprint density at radius 2 is 1.73 bits per heavy atom. The fourth-order valence-corrected chi connectivity index (χ4v) is 5.24. The molecular formula is C22H27IN2O4S. The van der Waals surface area contributed by atoms with Gasteiger partial charge in [-0.25, -0.2) is 8.42 Å². The Balaban J connectivity index is 1.62. The summed E-state index contributed by atoms with van der Waals surface area (Å²) in [5.74, 6) is -0.339. The van der Waals surface area contributed by atoms with Crippen molar-refractivity contribution >= 4 is 44.2 Å². The number of ether oxygens (including phenoxy) is 1. The molecule has 2 aromatic rings. The Morgan fingerprint density at radius 3 is 2.40 bits per heavy atom. The molecule has 162 valence electrons. The van der Waals surface area contributed by atoms with E-state index >= 15 is 0 Å². The number of carbonyl (C=O) groups is 1. The second-order valence-electron chi connectivity index (χ2n) is 7.28. The molecule has 1 N–H and O–H groups in total. The van der Waals surface area contributed by atoms with Gasteiger partial charge < -0.3 is 10.1 Å². The van der Waals surface area contributed by atoms with E-state index in [0.29, 0.717) is 31.4 Å². The summed E-state index contributed by atoms with van der Waals surface area (Å²) in [5.41, 5.74) is 0.457. The van der Waals surface area contributed by atoms with Gasteiger partial charge in [-0.3, -0.25) is 9.10 Å². The van der Waals surface area contributed by atoms with E-state index in [4.69, 9.17) is 4.74 Å². The molecule has 0 atom stereocenters. The predicted molar refractivity (Wildman–Crippen MR) is 126 cm³/mol. The van der Waals surface area contributed by atoms with Crippen molar-refractivity contribution in [3.05, 3.63) is 58.2 Å². The minimum absolute atomic E-state index is 0.154. The van der Waals surface area contributed by atoms with Crippen LogP contribution in [0.2, 0.25) is 0 Å². The van der Waals surface area contributed by atoms with Crippen LogP contribution in [0.3, 0.4) is 0 Å². The first kappa shape index (κ1) is 23.0. The van der Waals surface area contributed by atoms with E-state index in [2.05, 4.69) is 27.9 Å². The van der Waals surface area contributed by atoms with Gasteiger partial charge in [-0.15, -0.1) is 0 Å². The molecule has 0 bridgehead atoms. The Labute approximate surface area is 192 Å². The summed E-state index contributed by atoms with van der Waals surface area (Å²) >= 11 is 2.16. The first-order valence-corrected chi connectivity index (χ1v) is 12.7. The van der Waals surface area contributed by atoms with Crippen LogP contribution in [0, 0.1) is 3.57 Å². The molecule has 30 heavy (non-hydrogen) atoms. The number of nitrogens with one attached hydrogen (secondary N) is 1. The van der Waals surface area contributed by atoms with E-state index in [1.165, 1.54) is 25.0 Å². The minimum Gasteiger partial charge on any atom is -0.378 e. The maximum Gasteiger partial charge on any atom is 0.264 e. The molecule has 0 unspecified atom stereocenters. The third-order valence-corrected chi connectivity index (χ3v) is 7.54. The molecule has 2 aromatic carbocycles. The normalized spacial score (nSPS) is 14.6. The largest absolute Gasteiger partial charge is 0.378 e. The molecule has 3 rings (SSSR count). The van der Waals surface area contributed by atoms with E-state index in [9.17, 15) is 13.2 Å².